The van der Waals surface area contributed by atoms with Gasteiger partial charge in [-0.2, -0.15) is 0 Å². The second-order valence-corrected chi connectivity index (χ2v) is 4.40. The fraction of sp³-hybridized carbons (Fsp3) is 0.643. The molecule has 0 aromatic carbocycles. The molecule has 0 bridgehead atoms. The van der Waals surface area contributed by atoms with E-state index in [2.05, 4.69) is 18.8 Å². The van der Waals surface area contributed by atoms with Crippen molar-refractivity contribution in [1.82, 2.24) is 4.98 Å². The smallest absolute Gasteiger partial charge is 0.219 e. The zero-order chi connectivity index (χ0) is 12.5. The Kier molecular flexibility index (Phi) is 6.63. The molecule has 1 aromatic rings. The molecule has 1 heterocycles. The SMILES string of the molecule is CCCCCCC(C)Oc1ncccc1CO. The van der Waals surface area contributed by atoms with Crippen LogP contribution >= 0.6 is 0 Å². The number of aromatic nitrogens is 1. The van der Waals surface area contributed by atoms with E-state index in [1.165, 1.54) is 25.7 Å². The molecule has 1 rings (SSSR count). The van der Waals surface area contributed by atoms with Crippen molar-refractivity contribution in [2.45, 2.75) is 58.7 Å². The standard InChI is InChI=1S/C14H23NO2/c1-3-4-5-6-8-12(2)17-14-13(11-16)9-7-10-15-14/h7,9-10,12,16H,3-6,8,11H2,1-2H3. The minimum atomic E-state index is -0.0221. The minimum Gasteiger partial charge on any atom is -0.474 e. The maximum Gasteiger partial charge on any atom is 0.219 e. The summed E-state index contributed by atoms with van der Waals surface area (Å²) in [5, 5.41) is 9.16. The molecule has 0 aliphatic heterocycles. The van der Waals surface area contributed by atoms with E-state index >= 15 is 0 Å². The normalized spacial score (nSPS) is 12.4. The molecule has 0 amide bonds. The third kappa shape index (κ3) is 5.18. The van der Waals surface area contributed by atoms with E-state index in [-0.39, 0.29) is 12.7 Å². The van der Waals surface area contributed by atoms with Crippen molar-refractivity contribution < 1.29 is 9.84 Å². The zero-order valence-electron chi connectivity index (χ0n) is 10.9. The van der Waals surface area contributed by atoms with E-state index in [0.29, 0.717) is 5.88 Å². The van der Waals surface area contributed by atoms with Crippen LogP contribution in [0, 0.1) is 0 Å². The number of pyridine rings is 1. The van der Waals surface area contributed by atoms with Gasteiger partial charge in [0.2, 0.25) is 5.88 Å². The largest absolute Gasteiger partial charge is 0.474 e. The monoisotopic (exact) mass is 237 g/mol. The second-order valence-electron chi connectivity index (χ2n) is 4.40. The third-order valence-corrected chi connectivity index (χ3v) is 2.80. The summed E-state index contributed by atoms with van der Waals surface area (Å²) in [6.45, 7) is 4.24. The lowest BCUT2D eigenvalue weighted by Crippen LogP contribution is -2.13. The Labute approximate surface area is 104 Å². The number of aliphatic hydroxyl groups excluding tert-OH is 1. The first-order valence-corrected chi connectivity index (χ1v) is 6.49. The van der Waals surface area contributed by atoms with Crippen molar-refractivity contribution in [1.29, 1.82) is 0 Å². The highest BCUT2D eigenvalue weighted by molar-refractivity contribution is 5.24. The van der Waals surface area contributed by atoms with Crippen LogP contribution in [-0.2, 0) is 6.61 Å². The first-order chi connectivity index (χ1) is 8.27. The molecule has 1 unspecified atom stereocenters. The van der Waals surface area contributed by atoms with Crippen LogP contribution in [0.1, 0.15) is 51.5 Å². The van der Waals surface area contributed by atoms with Crippen LogP contribution in [0.4, 0.5) is 0 Å². The van der Waals surface area contributed by atoms with Crippen molar-refractivity contribution in [3.05, 3.63) is 23.9 Å². The highest BCUT2D eigenvalue weighted by Crippen LogP contribution is 2.17. The van der Waals surface area contributed by atoms with Crippen molar-refractivity contribution in [2.24, 2.45) is 0 Å². The summed E-state index contributed by atoms with van der Waals surface area (Å²) < 4.78 is 5.75. The number of nitrogens with zero attached hydrogens (tertiary/aromatic N) is 1. The van der Waals surface area contributed by atoms with Crippen LogP contribution in [-0.4, -0.2) is 16.2 Å². The maximum absolute atomic E-state index is 9.16. The number of ether oxygens (including phenoxy) is 1. The summed E-state index contributed by atoms with van der Waals surface area (Å²) in [5.41, 5.74) is 0.757. The molecule has 0 saturated heterocycles. The van der Waals surface area contributed by atoms with Gasteiger partial charge in [-0.15, -0.1) is 0 Å². The first-order valence-electron chi connectivity index (χ1n) is 6.49. The number of hydrogen-bond acceptors (Lipinski definition) is 3. The number of aliphatic hydroxyl groups is 1. The summed E-state index contributed by atoms with van der Waals surface area (Å²) in [5.74, 6) is 0.568. The molecular formula is C14H23NO2. The lowest BCUT2D eigenvalue weighted by molar-refractivity contribution is 0.188. The van der Waals surface area contributed by atoms with Gasteiger partial charge in [0.05, 0.1) is 12.7 Å². The molecule has 0 aliphatic carbocycles. The lowest BCUT2D eigenvalue weighted by atomic mass is 10.1. The van der Waals surface area contributed by atoms with E-state index in [1.54, 1.807) is 6.20 Å². The molecule has 1 aromatic heterocycles. The van der Waals surface area contributed by atoms with Gasteiger partial charge >= 0.3 is 0 Å². The Hall–Kier alpha value is -1.09. The van der Waals surface area contributed by atoms with Gasteiger partial charge < -0.3 is 9.84 Å². The molecule has 1 atom stereocenters. The van der Waals surface area contributed by atoms with Crippen molar-refractivity contribution in [2.75, 3.05) is 0 Å². The van der Waals surface area contributed by atoms with Gasteiger partial charge in [-0.25, -0.2) is 4.98 Å². The Morgan fingerprint density at radius 2 is 2.18 bits per heavy atom. The minimum absolute atomic E-state index is 0.0221. The summed E-state index contributed by atoms with van der Waals surface area (Å²) >= 11 is 0. The average molecular weight is 237 g/mol. The second kappa shape index (κ2) is 8.07. The molecule has 3 heteroatoms. The third-order valence-electron chi connectivity index (χ3n) is 2.80. The quantitative estimate of drug-likeness (QED) is 0.705. The van der Waals surface area contributed by atoms with E-state index in [9.17, 15) is 0 Å². The summed E-state index contributed by atoms with van der Waals surface area (Å²) in [6.07, 6.45) is 7.89. The van der Waals surface area contributed by atoms with E-state index in [0.717, 1.165) is 12.0 Å². The topological polar surface area (TPSA) is 42.4 Å². The fourth-order valence-corrected chi connectivity index (χ4v) is 1.76. The molecule has 17 heavy (non-hydrogen) atoms. The summed E-state index contributed by atoms with van der Waals surface area (Å²) in [6, 6.07) is 3.65. The van der Waals surface area contributed by atoms with E-state index in [1.807, 2.05) is 12.1 Å². The van der Waals surface area contributed by atoms with Crippen LogP contribution in [0.2, 0.25) is 0 Å². The molecule has 3 nitrogen and oxygen atoms in total. The van der Waals surface area contributed by atoms with Gasteiger partial charge in [-0.3, -0.25) is 0 Å². The van der Waals surface area contributed by atoms with Crippen LogP contribution in [0.3, 0.4) is 0 Å². The first kappa shape index (κ1) is 14.0. The molecule has 0 spiro atoms. The Bertz CT molecular complexity index is 315. The molecule has 0 aliphatic rings. The number of rotatable bonds is 8. The van der Waals surface area contributed by atoms with Crippen molar-refractivity contribution in [3.8, 4) is 5.88 Å². The number of unbranched alkanes of at least 4 members (excludes halogenated alkanes) is 3. The fourth-order valence-electron chi connectivity index (χ4n) is 1.76. The zero-order valence-corrected chi connectivity index (χ0v) is 10.9. The average Bonchev–Trinajstić information content (AvgIpc) is 2.35. The predicted molar refractivity (Wildman–Crippen MR) is 69.0 cm³/mol. The van der Waals surface area contributed by atoms with Crippen LogP contribution in [0.5, 0.6) is 5.88 Å². The van der Waals surface area contributed by atoms with Crippen LogP contribution < -0.4 is 4.74 Å². The van der Waals surface area contributed by atoms with Gasteiger partial charge in [0.1, 0.15) is 0 Å². The molecule has 0 radical (unpaired) electrons. The predicted octanol–water partition coefficient (Wildman–Crippen LogP) is 3.31. The van der Waals surface area contributed by atoms with Gasteiger partial charge in [-0.05, 0) is 31.9 Å². The molecule has 0 fully saturated rings. The van der Waals surface area contributed by atoms with Gasteiger partial charge in [0.25, 0.3) is 0 Å². The lowest BCUT2D eigenvalue weighted by Gasteiger charge is -2.15. The maximum atomic E-state index is 9.16. The number of hydrogen-bond donors (Lipinski definition) is 1. The van der Waals surface area contributed by atoms with Crippen LogP contribution in [0.15, 0.2) is 18.3 Å². The molecule has 0 saturated carbocycles. The van der Waals surface area contributed by atoms with E-state index in [4.69, 9.17) is 9.84 Å². The van der Waals surface area contributed by atoms with Gasteiger partial charge in [-0.1, -0.05) is 26.2 Å². The highest BCUT2D eigenvalue weighted by atomic mass is 16.5. The highest BCUT2D eigenvalue weighted by Gasteiger charge is 2.08. The Morgan fingerprint density at radius 1 is 1.35 bits per heavy atom. The van der Waals surface area contributed by atoms with Gasteiger partial charge in [0.15, 0.2) is 0 Å². The Morgan fingerprint density at radius 3 is 2.88 bits per heavy atom. The summed E-state index contributed by atoms with van der Waals surface area (Å²) in [7, 11) is 0. The van der Waals surface area contributed by atoms with Crippen molar-refractivity contribution in [3.63, 3.8) is 0 Å². The molecular weight excluding hydrogens is 214 g/mol. The summed E-state index contributed by atoms with van der Waals surface area (Å²) in [4.78, 5) is 4.15. The Balaban J connectivity index is 2.36. The van der Waals surface area contributed by atoms with Gasteiger partial charge in [0, 0.05) is 11.8 Å². The van der Waals surface area contributed by atoms with Crippen LogP contribution in [0.25, 0.3) is 0 Å². The molecule has 1 N–H and O–H groups in total. The molecule has 96 valence electrons. The van der Waals surface area contributed by atoms with Crippen molar-refractivity contribution >= 4 is 0 Å². The van der Waals surface area contributed by atoms with E-state index < -0.39 is 0 Å².